The second-order valence-corrected chi connectivity index (χ2v) is 8.28. The molecule has 0 unspecified atom stereocenters. The van der Waals surface area contributed by atoms with E-state index in [4.69, 9.17) is 4.42 Å². The Morgan fingerprint density at radius 3 is 2.59 bits per heavy atom. The van der Waals surface area contributed by atoms with E-state index in [-0.39, 0.29) is 11.3 Å². The molecule has 5 nitrogen and oxygen atoms in total. The molecule has 0 spiro atoms. The lowest BCUT2D eigenvalue weighted by Crippen LogP contribution is -2.25. The van der Waals surface area contributed by atoms with E-state index in [2.05, 4.69) is 55.3 Å². The largest absolute Gasteiger partial charge is 0.463 e. The van der Waals surface area contributed by atoms with E-state index in [9.17, 15) is 4.79 Å². The highest BCUT2D eigenvalue weighted by molar-refractivity contribution is 5.97. The molecule has 0 aliphatic rings. The topological polar surface area (TPSA) is 60.1 Å². The molecule has 148 valence electrons. The summed E-state index contributed by atoms with van der Waals surface area (Å²) in [5.74, 6) is -0.133. The van der Waals surface area contributed by atoms with Gasteiger partial charge in [0.15, 0.2) is 5.58 Å². The van der Waals surface area contributed by atoms with E-state index >= 15 is 0 Å². The van der Waals surface area contributed by atoms with Gasteiger partial charge in [0.1, 0.15) is 5.69 Å². The van der Waals surface area contributed by atoms with Crippen molar-refractivity contribution in [1.29, 1.82) is 0 Å². The number of furan rings is 1. The summed E-state index contributed by atoms with van der Waals surface area (Å²) in [6.07, 6.45) is 5.12. The number of amides is 1. The molecule has 0 atom stereocenters. The van der Waals surface area contributed by atoms with Gasteiger partial charge >= 0.3 is 0 Å². The van der Waals surface area contributed by atoms with Crippen LogP contribution in [0, 0.1) is 0 Å². The molecule has 1 N–H and O–H groups in total. The molecule has 29 heavy (non-hydrogen) atoms. The number of benzene rings is 1. The van der Waals surface area contributed by atoms with Crippen LogP contribution in [0.5, 0.6) is 0 Å². The van der Waals surface area contributed by atoms with E-state index < -0.39 is 0 Å². The standard InChI is InChI=1S/C24H25N3O2/c1-24(2,3)19-8-6-17(7-9-19)16-27-20-10-12-29-22(20)13-21(27)23(28)26-15-18-5-4-11-25-14-18/h4-14H,15-16H2,1-3H3,(H,26,28). The monoisotopic (exact) mass is 387 g/mol. The van der Waals surface area contributed by atoms with E-state index in [0.29, 0.717) is 24.4 Å². The number of pyridine rings is 1. The van der Waals surface area contributed by atoms with Crippen LogP contribution < -0.4 is 5.32 Å². The zero-order chi connectivity index (χ0) is 20.4. The highest BCUT2D eigenvalue weighted by Gasteiger charge is 2.18. The van der Waals surface area contributed by atoms with Crippen molar-refractivity contribution < 1.29 is 9.21 Å². The number of aromatic nitrogens is 2. The molecule has 0 radical (unpaired) electrons. The second kappa shape index (κ2) is 7.59. The Hall–Kier alpha value is -3.34. The molecule has 1 amide bonds. The summed E-state index contributed by atoms with van der Waals surface area (Å²) in [6, 6.07) is 16.1. The summed E-state index contributed by atoms with van der Waals surface area (Å²) in [5, 5.41) is 2.98. The maximum Gasteiger partial charge on any atom is 0.268 e. The number of carbonyl (C=O) groups is 1. The van der Waals surface area contributed by atoms with Crippen molar-refractivity contribution in [1.82, 2.24) is 14.9 Å². The van der Waals surface area contributed by atoms with Crippen molar-refractivity contribution in [2.45, 2.75) is 39.3 Å². The first kappa shape index (κ1) is 19.0. The van der Waals surface area contributed by atoms with Crippen LogP contribution in [0.25, 0.3) is 11.1 Å². The molecular formula is C24H25N3O2. The summed E-state index contributed by atoms with van der Waals surface area (Å²) in [5.41, 5.74) is 5.71. The normalized spacial score (nSPS) is 11.7. The Bertz CT molecular complexity index is 1120. The van der Waals surface area contributed by atoms with E-state index in [1.165, 1.54) is 5.56 Å². The number of nitrogens with zero attached hydrogens (tertiary/aromatic N) is 2. The average molecular weight is 387 g/mol. The van der Waals surface area contributed by atoms with Crippen LogP contribution in [0.4, 0.5) is 0 Å². The number of hydrogen-bond donors (Lipinski definition) is 1. The second-order valence-electron chi connectivity index (χ2n) is 8.28. The Morgan fingerprint density at radius 2 is 1.90 bits per heavy atom. The maximum atomic E-state index is 12.9. The van der Waals surface area contributed by atoms with Crippen LogP contribution in [0.2, 0.25) is 0 Å². The van der Waals surface area contributed by atoms with Crippen LogP contribution in [0.15, 0.2) is 71.6 Å². The van der Waals surface area contributed by atoms with Crippen LogP contribution in [0.1, 0.15) is 48.0 Å². The minimum atomic E-state index is -0.133. The Kier molecular flexibility index (Phi) is 4.97. The maximum absolute atomic E-state index is 12.9. The Morgan fingerprint density at radius 1 is 1.10 bits per heavy atom. The van der Waals surface area contributed by atoms with Gasteiger partial charge in [0.25, 0.3) is 5.91 Å². The van der Waals surface area contributed by atoms with Gasteiger partial charge in [0.2, 0.25) is 0 Å². The van der Waals surface area contributed by atoms with Crippen molar-refractivity contribution in [3.8, 4) is 0 Å². The van der Waals surface area contributed by atoms with Gasteiger partial charge in [0.05, 0.1) is 11.8 Å². The third kappa shape index (κ3) is 4.09. The highest BCUT2D eigenvalue weighted by atomic mass is 16.3. The number of rotatable bonds is 5. The van der Waals surface area contributed by atoms with Crippen LogP contribution in [0.3, 0.4) is 0 Å². The fourth-order valence-electron chi connectivity index (χ4n) is 3.40. The number of hydrogen-bond acceptors (Lipinski definition) is 3. The molecule has 0 fully saturated rings. The summed E-state index contributed by atoms with van der Waals surface area (Å²) in [4.78, 5) is 17.0. The smallest absolute Gasteiger partial charge is 0.268 e. The predicted octanol–water partition coefficient (Wildman–Crippen LogP) is 4.91. The molecule has 3 aromatic heterocycles. The van der Waals surface area contributed by atoms with Crippen LogP contribution >= 0.6 is 0 Å². The van der Waals surface area contributed by atoms with Gasteiger partial charge in [-0.3, -0.25) is 9.78 Å². The van der Waals surface area contributed by atoms with Gasteiger partial charge in [-0.1, -0.05) is 51.1 Å². The number of fused-ring (bicyclic) bond motifs is 1. The molecule has 0 saturated carbocycles. The molecule has 5 heteroatoms. The van der Waals surface area contributed by atoms with Gasteiger partial charge in [-0.2, -0.15) is 0 Å². The first-order chi connectivity index (χ1) is 13.9. The average Bonchev–Trinajstić information content (AvgIpc) is 3.29. The molecule has 0 saturated heterocycles. The van der Waals surface area contributed by atoms with Crippen molar-refractivity contribution in [3.63, 3.8) is 0 Å². The van der Waals surface area contributed by atoms with Crippen molar-refractivity contribution in [2.24, 2.45) is 0 Å². The molecular weight excluding hydrogens is 362 g/mol. The fourth-order valence-corrected chi connectivity index (χ4v) is 3.40. The Labute approximate surface area is 170 Å². The van der Waals surface area contributed by atoms with Gasteiger partial charge < -0.3 is 14.3 Å². The molecule has 1 aromatic carbocycles. The van der Waals surface area contributed by atoms with Crippen molar-refractivity contribution >= 4 is 17.0 Å². The number of nitrogens with one attached hydrogen (secondary N) is 1. The third-order valence-electron chi connectivity index (χ3n) is 5.09. The SMILES string of the molecule is CC(C)(C)c1ccc(Cn2c(C(=O)NCc3cccnc3)cc3occc32)cc1. The van der Waals surface area contributed by atoms with Gasteiger partial charge in [-0.25, -0.2) is 0 Å². The lowest BCUT2D eigenvalue weighted by atomic mass is 9.87. The number of carbonyl (C=O) groups excluding carboxylic acids is 1. The first-order valence-corrected chi connectivity index (χ1v) is 9.75. The quantitative estimate of drug-likeness (QED) is 0.529. The van der Waals surface area contributed by atoms with Crippen molar-refractivity contribution in [2.75, 3.05) is 0 Å². The van der Waals surface area contributed by atoms with Gasteiger partial charge in [0, 0.05) is 37.6 Å². The molecule has 0 aliphatic heterocycles. The van der Waals surface area contributed by atoms with Crippen LogP contribution in [-0.2, 0) is 18.5 Å². The molecule has 3 heterocycles. The van der Waals surface area contributed by atoms with E-state index in [1.807, 2.05) is 22.8 Å². The van der Waals surface area contributed by atoms with E-state index in [1.54, 1.807) is 24.7 Å². The summed E-state index contributed by atoms with van der Waals surface area (Å²) >= 11 is 0. The Balaban J connectivity index is 1.58. The lowest BCUT2D eigenvalue weighted by molar-refractivity contribution is 0.0942. The van der Waals surface area contributed by atoms with E-state index in [0.717, 1.165) is 16.6 Å². The minimum absolute atomic E-state index is 0.112. The lowest BCUT2D eigenvalue weighted by Gasteiger charge is -2.19. The third-order valence-corrected chi connectivity index (χ3v) is 5.09. The van der Waals surface area contributed by atoms with Crippen LogP contribution in [-0.4, -0.2) is 15.5 Å². The zero-order valence-corrected chi connectivity index (χ0v) is 17.0. The van der Waals surface area contributed by atoms with Gasteiger partial charge in [-0.05, 0) is 28.2 Å². The van der Waals surface area contributed by atoms with Gasteiger partial charge in [-0.15, -0.1) is 0 Å². The predicted molar refractivity (Wildman–Crippen MR) is 114 cm³/mol. The molecule has 4 rings (SSSR count). The highest BCUT2D eigenvalue weighted by Crippen LogP contribution is 2.25. The molecule has 0 bridgehead atoms. The van der Waals surface area contributed by atoms with Crippen molar-refractivity contribution in [3.05, 3.63) is 89.6 Å². The summed E-state index contributed by atoms with van der Waals surface area (Å²) in [6.45, 7) is 7.64. The summed E-state index contributed by atoms with van der Waals surface area (Å²) < 4.78 is 7.55. The minimum Gasteiger partial charge on any atom is -0.463 e. The zero-order valence-electron chi connectivity index (χ0n) is 17.0. The molecule has 4 aromatic rings. The fraction of sp³-hybridized carbons (Fsp3) is 0.250. The molecule has 0 aliphatic carbocycles. The summed E-state index contributed by atoms with van der Waals surface area (Å²) in [7, 11) is 0. The first-order valence-electron chi connectivity index (χ1n) is 9.75.